The minimum absolute atomic E-state index is 0.0640. The molecule has 0 aliphatic carbocycles. The van der Waals surface area contributed by atoms with E-state index in [9.17, 15) is 9.18 Å². The molecule has 10 nitrogen and oxygen atoms in total. The van der Waals surface area contributed by atoms with E-state index < -0.39 is 5.82 Å². The van der Waals surface area contributed by atoms with Crippen LogP contribution < -0.4 is 15.5 Å². The minimum atomic E-state index is -0.572. The summed E-state index contributed by atoms with van der Waals surface area (Å²) in [6, 6.07) is 5.65. The zero-order valence-electron chi connectivity index (χ0n) is 18.7. The van der Waals surface area contributed by atoms with E-state index in [0.717, 1.165) is 51.0 Å². The quantitative estimate of drug-likeness (QED) is 0.648. The number of likely N-dealkylation sites (N-methyl/N-ethyl adjacent to an activating group) is 1. The molecule has 11 heteroatoms. The maximum absolute atomic E-state index is 14.3. The van der Waals surface area contributed by atoms with Gasteiger partial charge in [-0.25, -0.2) is 14.4 Å². The van der Waals surface area contributed by atoms with Crippen LogP contribution >= 0.6 is 0 Å². The molecule has 2 aromatic rings. The Hall–Kier alpha value is -3.52. The summed E-state index contributed by atoms with van der Waals surface area (Å²) in [7, 11) is 2.11. The number of nitrogens with zero attached hydrogens (tertiary/aromatic N) is 7. The highest BCUT2D eigenvalue weighted by Gasteiger charge is 2.28. The van der Waals surface area contributed by atoms with Crippen LogP contribution in [0, 0.1) is 17.1 Å². The van der Waals surface area contributed by atoms with Crippen molar-refractivity contribution in [2.24, 2.45) is 0 Å². The number of hydrogen-bond donors (Lipinski definition) is 2. The number of carbonyl (C=O) groups is 1. The Morgan fingerprint density at radius 3 is 2.76 bits per heavy atom. The van der Waals surface area contributed by atoms with Crippen molar-refractivity contribution < 1.29 is 9.18 Å². The minimum Gasteiger partial charge on any atom is -0.365 e. The molecule has 4 rings (SSSR count). The van der Waals surface area contributed by atoms with E-state index in [4.69, 9.17) is 5.26 Å². The smallest absolute Gasteiger partial charge is 0.237 e. The molecule has 1 atom stereocenters. The van der Waals surface area contributed by atoms with Crippen molar-refractivity contribution in [3.63, 3.8) is 0 Å². The summed E-state index contributed by atoms with van der Waals surface area (Å²) in [6.45, 7) is 4.85. The lowest BCUT2D eigenvalue weighted by Gasteiger charge is -2.33. The second-order valence-electron chi connectivity index (χ2n) is 8.31. The van der Waals surface area contributed by atoms with Crippen LogP contribution in [-0.4, -0.2) is 83.0 Å². The largest absolute Gasteiger partial charge is 0.365 e. The third kappa shape index (κ3) is 5.64. The fourth-order valence-electron chi connectivity index (χ4n) is 4.12. The van der Waals surface area contributed by atoms with Gasteiger partial charge in [-0.15, -0.1) is 0 Å². The van der Waals surface area contributed by atoms with Gasteiger partial charge in [0.25, 0.3) is 0 Å². The van der Waals surface area contributed by atoms with Crippen LogP contribution in [0.3, 0.4) is 0 Å². The Bertz CT molecular complexity index is 1000. The average molecular weight is 454 g/mol. The number of likely N-dealkylation sites (tertiary alicyclic amines) is 1. The first-order valence-electron chi connectivity index (χ1n) is 11.1. The van der Waals surface area contributed by atoms with Crippen molar-refractivity contribution in [2.75, 3.05) is 61.8 Å². The van der Waals surface area contributed by atoms with Crippen LogP contribution in [0.5, 0.6) is 0 Å². The zero-order chi connectivity index (χ0) is 23.2. The summed E-state index contributed by atoms with van der Waals surface area (Å²) in [6.07, 6.45) is 4.34. The Morgan fingerprint density at radius 1 is 1.21 bits per heavy atom. The Labute approximate surface area is 192 Å². The summed E-state index contributed by atoms with van der Waals surface area (Å²) < 4.78 is 14.3. The first-order chi connectivity index (χ1) is 16.0. The highest BCUT2D eigenvalue weighted by Crippen LogP contribution is 2.22. The number of nitriles is 1. The second kappa shape index (κ2) is 10.4. The van der Waals surface area contributed by atoms with Crippen LogP contribution in [0.2, 0.25) is 0 Å². The second-order valence-corrected chi connectivity index (χ2v) is 8.31. The third-order valence-electron chi connectivity index (χ3n) is 6.01. The third-order valence-corrected chi connectivity index (χ3v) is 6.01. The van der Waals surface area contributed by atoms with Gasteiger partial charge in [0.2, 0.25) is 11.9 Å². The number of carbonyl (C=O) groups excluding carboxylic acids is 1. The number of aromatic nitrogens is 3. The van der Waals surface area contributed by atoms with Crippen LogP contribution in [0.15, 0.2) is 24.5 Å². The molecule has 2 aliphatic rings. The van der Waals surface area contributed by atoms with Crippen LogP contribution in [0.4, 0.5) is 27.7 Å². The number of pyridine rings is 1. The van der Waals surface area contributed by atoms with E-state index in [-0.39, 0.29) is 30.1 Å². The molecule has 1 unspecified atom stereocenters. The molecule has 0 spiro atoms. The molecule has 2 fully saturated rings. The first-order valence-corrected chi connectivity index (χ1v) is 11.1. The van der Waals surface area contributed by atoms with Crippen molar-refractivity contribution in [1.82, 2.24) is 24.8 Å². The fraction of sp³-hybridized carbons (Fsp3) is 0.500. The lowest BCUT2D eigenvalue weighted by atomic mass is 10.2. The number of hydrogen-bond acceptors (Lipinski definition) is 9. The zero-order valence-corrected chi connectivity index (χ0v) is 18.7. The highest BCUT2D eigenvalue weighted by atomic mass is 19.1. The molecule has 4 heterocycles. The number of anilines is 4. The standard InChI is InChI=1S/C22H28FN9O/c1-30-9-11-31(12-10-30)19-5-4-16(13-25-19)28-22-27-15-18(23)21(29-22)26-14-17-3-2-8-32(17)20(33)6-7-24/h4-5,13,15,17H,2-3,6,8-12,14H2,1H3,(H2,26,27,28,29). The number of amides is 1. The molecule has 0 saturated carbocycles. The van der Waals surface area contributed by atoms with Crippen molar-refractivity contribution in [3.8, 4) is 6.07 Å². The normalized spacial score (nSPS) is 18.8. The maximum Gasteiger partial charge on any atom is 0.237 e. The van der Waals surface area contributed by atoms with Gasteiger partial charge in [-0.05, 0) is 32.0 Å². The van der Waals surface area contributed by atoms with Crippen molar-refractivity contribution in [2.45, 2.75) is 25.3 Å². The molecule has 174 valence electrons. The molecular weight excluding hydrogens is 425 g/mol. The molecule has 2 N–H and O–H groups in total. The maximum atomic E-state index is 14.3. The van der Waals surface area contributed by atoms with E-state index in [2.05, 4.69) is 42.4 Å². The SMILES string of the molecule is CN1CCN(c2ccc(Nc3ncc(F)c(NCC4CCCN4C(=O)CC#N)n3)cn2)CC1. The Morgan fingerprint density at radius 2 is 2.03 bits per heavy atom. The summed E-state index contributed by atoms with van der Waals surface area (Å²) in [5, 5.41) is 14.8. The van der Waals surface area contributed by atoms with Gasteiger partial charge < -0.3 is 25.3 Å². The molecule has 2 saturated heterocycles. The lowest BCUT2D eigenvalue weighted by Crippen LogP contribution is -2.44. The number of halogens is 1. The predicted molar refractivity (Wildman–Crippen MR) is 123 cm³/mol. The van der Waals surface area contributed by atoms with E-state index in [1.165, 1.54) is 0 Å². The summed E-state index contributed by atoms with van der Waals surface area (Å²) in [4.78, 5) is 31.1. The molecular formula is C22H28FN9O. The van der Waals surface area contributed by atoms with Crippen LogP contribution in [0.25, 0.3) is 0 Å². The van der Waals surface area contributed by atoms with E-state index in [0.29, 0.717) is 18.8 Å². The molecule has 33 heavy (non-hydrogen) atoms. The van der Waals surface area contributed by atoms with Gasteiger partial charge in [0.05, 0.1) is 24.2 Å². The molecule has 2 aliphatic heterocycles. The van der Waals surface area contributed by atoms with Crippen molar-refractivity contribution in [3.05, 3.63) is 30.3 Å². The van der Waals surface area contributed by atoms with E-state index in [1.54, 1.807) is 11.1 Å². The summed E-state index contributed by atoms with van der Waals surface area (Å²) >= 11 is 0. The number of nitrogens with one attached hydrogen (secondary N) is 2. The molecule has 1 amide bonds. The molecule has 0 aromatic carbocycles. The average Bonchev–Trinajstić information content (AvgIpc) is 3.29. The highest BCUT2D eigenvalue weighted by molar-refractivity contribution is 5.79. The van der Waals surface area contributed by atoms with Gasteiger partial charge >= 0.3 is 0 Å². The van der Waals surface area contributed by atoms with Gasteiger partial charge in [-0.1, -0.05) is 0 Å². The van der Waals surface area contributed by atoms with Gasteiger partial charge in [0.15, 0.2) is 11.6 Å². The Kier molecular flexibility index (Phi) is 7.14. The summed E-state index contributed by atoms with van der Waals surface area (Å²) in [5.41, 5.74) is 0.703. The topological polar surface area (TPSA) is 113 Å². The molecule has 2 aromatic heterocycles. The first kappa shape index (κ1) is 22.7. The van der Waals surface area contributed by atoms with Gasteiger partial charge in [0, 0.05) is 45.3 Å². The van der Waals surface area contributed by atoms with Gasteiger partial charge in [-0.2, -0.15) is 10.2 Å². The van der Waals surface area contributed by atoms with Crippen LogP contribution in [0.1, 0.15) is 19.3 Å². The van der Waals surface area contributed by atoms with Crippen LogP contribution in [-0.2, 0) is 4.79 Å². The number of piperazine rings is 1. The van der Waals surface area contributed by atoms with Gasteiger partial charge in [-0.3, -0.25) is 4.79 Å². The fourth-order valence-corrected chi connectivity index (χ4v) is 4.12. The summed E-state index contributed by atoms with van der Waals surface area (Å²) in [5.74, 6) is 0.464. The predicted octanol–water partition coefficient (Wildman–Crippen LogP) is 1.82. The van der Waals surface area contributed by atoms with Crippen molar-refractivity contribution >= 4 is 29.2 Å². The number of rotatable bonds is 7. The Balaban J connectivity index is 1.36. The monoisotopic (exact) mass is 453 g/mol. The van der Waals surface area contributed by atoms with Gasteiger partial charge in [0.1, 0.15) is 12.2 Å². The van der Waals surface area contributed by atoms with Crippen molar-refractivity contribution in [1.29, 1.82) is 5.26 Å². The van der Waals surface area contributed by atoms with E-state index in [1.807, 2.05) is 18.2 Å². The van der Waals surface area contributed by atoms with E-state index >= 15 is 0 Å². The lowest BCUT2D eigenvalue weighted by molar-refractivity contribution is -0.130. The molecule has 0 bridgehead atoms. The molecule has 0 radical (unpaired) electrons.